The third-order valence-electron chi connectivity index (χ3n) is 6.22. The van der Waals surface area contributed by atoms with Gasteiger partial charge in [-0.25, -0.2) is 9.63 Å². The van der Waals surface area contributed by atoms with Crippen LogP contribution in [-0.2, 0) is 16.2 Å². The number of nitrogens with one attached hydrogen (secondary N) is 1. The van der Waals surface area contributed by atoms with Crippen LogP contribution < -0.4 is 19.7 Å². The molecule has 1 fully saturated rings. The molecule has 3 aromatic carbocycles. The first-order valence-corrected chi connectivity index (χ1v) is 13.7. The van der Waals surface area contributed by atoms with Crippen molar-refractivity contribution in [2.24, 2.45) is 0 Å². The summed E-state index contributed by atoms with van der Waals surface area (Å²) >= 11 is 0. The number of hydrogen-bond donors (Lipinski definition) is 1. The fourth-order valence-electron chi connectivity index (χ4n) is 4.27. The molecule has 1 atom stereocenters. The monoisotopic (exact) mass is 561 g/mol. The largest absolute Gasteiger partial charge is 0.481 e. The first-order valence-electron chi connectivity index (χ1n) is 13.7. The van der Waals surface area contributed by atoms with Gasteiger partial charge in [-0.05, 0) is 51.5 Å². The van der Waals surface area contributed by atoms with Crippen molar-refractivity contribution in [3.63, 3.8) is 0 Å². The van der Waals surface area contributed by atoms with E-state index in [1.165, 1.54) is 23.1 Å². The highest BCUT2D eigenvalue weighted by molar-refractivity contribution is 5.98. The van der Waals surface area contributed by atoms with E-state index < -0.39 is 23.7 Å². The van der Waals surface area contributed by atoms with E-state index in [0.29, 0.717) is 36.9 Å². The molecule has 10 nitrogen and oxygen atoms in total. The SMILES string of the molecule is CC(Oc1ccccc1)C(=O)N(Cc1ccccc1)c1cc(OC(=O)N2CCNCC2)ccc1[N+](=O)OC(C)(C)C. The maximum atomic E-state index is 14.0. The van der Waals surface area contributed by atoms with E-state index in [9.17, 15) is 14.5 Å². The summed E-state index contributed by atoms with van der Waals surface area (Å²) in [5, 5.41) is 3.20. The van der Waals surface area contributed by atoms with Gasteiger partial charge in [0.25, 0.3) is 10.8 Å². The van der Waals surface area contributed by atoms with Crippen molar-refractivity contribution in [3.8, 4) is 11.5 Å². The van der Waals surface area contributed by atoms with Crippen molar-refractivity contribution in [1.29, 1.82) is 0 Å². The minimum absolute atomic E-state index is 0.0816. The Bertz CT molecular complexity index is 1340. The van der Waals surface area contributed by atoms with Gasteiger partial charge >= 0.3 is 11.8 Å². The van der Waals surface area contributed by atoms with Crippen LogP contribution in [0.4, 0.5) is 16.2 Å². The molecule has 4 rings (SSSR count). The Kier molecular flexibility index (Phi) is 9.57. The van der Waals surface area contributed by atoms with Crippen molar-refractivity contribution >= 4 is 23.4 Å². The number of anilines is 1. The molecule has 41 heavy (non-hydrogen) atoms. The van der Waals surface area contributed by atoms with Gasteiger partial charge in [-0.1, -0.05) is 48.5 Å². The summed E-state index contributed by atoms with van der Waals surface area (Å²) in [4.78, 5) is 49.2. The Morgan fingerprint density at radius 3 is 2.22 bits per heavy atom. The van der Waals surface area contributed by atoms with Crippen molar-refractivity contribution < 1.29 is 28.8 Å². The number of carbonyl (C=O) groups is 2. The summed E-state index contributed by atoms with van der Waals surface area (Å²) in [6.07, 6.45) is -1.40. The average Bonchev–Trinajstić information content (AvgIpc) is 2.96. The second kappa shape index (κ2) is 13.3. The van der Waals surface area contributed by atoms with E-state index in [4.69, 9.17) is 14.3 Å². The third kappa shape index (κ3) is 8.28. The summed E-state index contributed by atoms with van der Waals surface area (Å²) in [6.45, 7) is 9.43. The number of hydrogen-bond acceptors (Lipinski definition) is 7. The molecular weight excluding hydrogens is 524 g/mol. The Morgan fingerprint density at radius 2 is 1.59 bits per heavy atom. The van der Waals surface area contributed by atoms with Gasteiger partial charge in [-0.3, -0.25) is 9.69 Å². The van der Waals surface area contributed by atoms with E-state index in [1.54, 1.807) is 44.7 Å². The highest BCUT2D eigenvalue weighted by Gasteiger charge is 2.35. The summed E-state index contributed by atoms with van der Waals surface area (Å²) in [5.41, 5.74) is 0.325. The Labute approximate surface area is 240 Å². The quantitative estimate of drug-likeness (QED) is 0.357. The summed E-state index contributed by atoms with van der Waals surface area (Å²) < 4.78 is 11.7. The van der Waals surface area contributed by atoms with Crippen molar-refractivity contribution in [1.82, 2.24) is 10.2 Å². The highest BCUT2D eigenvalue weighted by atomic mass is 16.8. The van der Waals surface area contributed by atoms with Crippen molar-refractivity contribution in [2.45, 2.75) is 45.9 Å². The molecule has 0 aromatic heterocycles. The lowest BCUT2D eigenvalue weighted by Gasteiger charge is -2.28. The predicted octanol–water partition coefficient (Wildman–Crippen LogP) is 5.23. The fourth-order valence-corrected chi connectivity index (χ4v) is 4.27. The molecule has 216 valence electrons. The molecule has 1 heterocycles. The number of ether oxygens (including phenoxy) is 2. The molecule has 1 aliphatic heterocycles. The van der Waals surface area contributed by atoms with Gasteiger partial charge in [-0.2, -0.15) is 0 Å². The van der Waals surface area contributed by atoms with Crippen LogP contribution in [0.1, 0.15) is 33.3 Å². The zero-order valence-electron chi connectivity index (χ0n) is 23.9. The van der Waals surface area contributed by atoms with Gasteiger partial charge in [-0.15, -0.1) is 0 Å². The molecule has 1 N–H and O–H groups in total. The topological polar surface area (TPSA) is 100 Å². The first-order chi connectivity index (χ1) is 19.6. The van der Waals surface area contributed by atoms with Crippen LogP contribution in [-0.4, -0.2) is 59.7 Å². The second-order valence-corrected chi connectivity index (χ2v) is 10.7. The smallest absolute Gasteiger partial charge is 0.415 e. The van der Waals surface area contributed by atoms with E-state index in [0.717, 1.165) is 5.56 Å². The molecule has 1 aliphatic rings. The Balaban J connectivity index is 1.73. The molecule has 0 saturated carbocycles. The van der Waals surface area contributed by atoms with E-state index in [-0.39, 0.29) is 23.7 Å². The maximum Gasteiger partial charge on any atom is 0.415 e. The molecule has 0 radical (unpaired) electrons. The zero-order chi connectivity index (χ0) is 29.4. The number of benzene rings is 3. The third-order valence-corrected chi connectivity index (χ3v) is 6.22. The lowest BCUT2D eigenvalue weighted by molar-refractivity contribution is -0.765. The molecule has 2 amide bonds. The summed E-state index contributed by atoms with van der Waals surface area (Å²) in [7, 11) is 0. The van der Waals surface area contributed by atoms with Crippen LogP contribution in [0.5, 0.6) is 11.5 Å². The lowest BCUT2D eigenvalue weighted by atomic mass is 10.1. The first kappa shape index (κ1) is 29.5. The number of amides is 2. The number of nitrogens with zero attached hydrogens (tertiary/aromatic N) is 3. The maximum absolute atomic E-state index is 14.0. The molecule has 1 saturated heterocycles. The molecule has 0 aliphatic carbocycles. The molecular formula is C31H37N4O6+. The Hall–Kier alpha value is -4.44. The van der Waals surface area contributed by atoms with Crippen LogP contribution >= 0.6 is 0 Å². The fraction of sp³-hybridized carbons (Fsp3) is 0.355. The summed E-state index contributed by atoms with van der Waals surface area (Å²) in [6, 6.07) is 23.0. The molecule has 0 spiro atoms. The Morgan fingerprint density at radius 1 is 0.951 bits per heavy atom. The van der Waals surface area contributed by atoms with Crippen molar-refractivity contribution in [3.05, 3.63) is 89.3 Å². The number of rotatable bonds is 9. The number of para-hydroxylation sites is 1. The molecule has 0 bridgehead atoms. The predicted molar refractivity (Wildman–Crippen MR) is 155 cm³/mol. The van der Waals surface area contributed by atoms with Crippen LogP contribution in [0.25, 0.3) is 0 Å². The van der Waals surface area contributed by atoms with Gasteiger partial charge in [0.05, 0.1) is 11.5 Å². The zero-order valence-corrected chi connectivity index (χ0v) is 23.9. The lowest BCUT2D eigenvalue weighted by Crippen LogP contribution is -2.47. The highest BCUT2D eigenvalue weighted by Crippen LogP contribution is 2.35. The van der Waals surface area contributed by atoms with Gasteiger partial charge in [0.1, 0.15) is 17.2 Å². The second-order valence-electron chi connectivity index (χ2n) is 10.7. The van der Waals surface area contributed by atoms with Gasteiger partial charge in [0.2, 0.25) is 0 Å². The van der Waals surface area contributed by atoms with E-state index in [2.05, 4.69) is 5.32 Å². The minimum Gasteiger partial charge on any atom is -0.481 e. The molecule has 10 heteroatoms. The normalized spacial score (nSPS) is 14.1. The van der Waals surface area contributed by atoms with Crippen LogP contribution in [0.3, 0.4) is 0 Å². The van der Waals surface area contributed by atoms with Crippen LogP contribution in [0, 0.1) is 4.91 Å². The minimum atomic E-state index is -0.898. The standard InChI is InChI=1S/C31H37N4O6/c1-23(39-25-13-9-6-10-14-25)29(36)34(22-24-11-7-5-8-12-24)28-21-26(40-30(37)33-19-17-32-18-20-33)15-16-27(28)35(38)41-31(2,3)4/h5-16,21,23,32H,17-20,22H2,1-4H3/q+1. The van der Waals surface area contributed by atoms with Gasteiger partial charge in [0.15, 0.2) is 11.7 Å². The van der Waals surface area contributed by atoms with Gasteiger partial charge in [0, 0.05) is 38.3 Å². The van der Waals surface area contributed by atoms with E-state index >= 15 is 0 Å². The van der Waals surface area contributed by atoms with Gasteiger partial charge < -0.3 is 19.7 Å². The van der Waals surface area contributed by atoms with Crippen LogP contribution in [0.15, 0.2) is 78.9 Å². The van der Waals surface area contributed by atoms with E-state index in [1.807, 2.05) is 48.5 Å². The van der Waals surface area contributed by atoms with Crippen molar-refractivity contribution in [2.75, 3.05) is 31.1 Å². The number of piperazine rings is 1. The molecule has 1 unspecified atom stereocenters. The molecule has 3 aromatic rings. The number of carbonyl (C=O) groups excluding carboxylic acids is 2. The average molecular weight is 562 g/mol. The van der Waals surface area contributed by atoms with Crippen LogP contribution in [0.2, 0.25) is 0 Å². The summed E-state index contributed by atoms with van der Waals surface area (Å²) in [5.74, 6) is 0.334.